The molecule has 0 bridgehead atoms. The number of likely N-dealkylation sites (tertiary alicyclic amines) is 1. The lowest BCUT2D eigenvalue weighted by molar-refractivity contribution is -0.131. The van der Waals surface area contributed by atoms with Gasteiger partial charge < -0.3 is 9.88 Å². The molecule has 0 radical (unpaired) electrons. The van der Waals surface area contributed by atoms with E-state index >= 15 is 0 Å². The van der Waals surface area contributed by atoms with E-state index in [0.717, 1.165) is 71.5 Å². The van der Waals surface area contributed by atoms with Crippen LogP contribution in [-0.4, -0.2) is 47.1 Å². The number of nitrogens with one attached hydrogen (secondary N) is 1. The zero-order chi connectivity index (χ0) is 29.0. The van der Waals surface area contributed by atoms with Crippen molar-refractivity contribution in [3.8, 4) is 6.07 Å². The van der Waals surface area contributed by atoms with Gasteiger partial charge in [-0.15, -0.1) is 0 Å². The van der Waals surface area contributed by atoms with Crippen LogP contribution in [0.1, 0.15) is 73.1 Å². The maximum Gasteiger partial charge on any atom is 0.253 e. The number of carbonyl (C=O) groups is 1. The molecule has 0 saturated carbocycles. The molecule has 1 aliphatic rings. The van der Waals surface area contributed by atoms with E-state index in [2.05, 4.69) is 66.6 Å². The summed E-state index contributed by atoms with van der Waals surface area (Å²) in [4.78, 5) is 25.9. The third kappa shape index (κ3) is 11.3. The largest absolute Gasteiger partial charge is 0.345 e. The van der Waals surface area contributed by atoms with Crippen molar-refractivity contribution in [2.24, 2.45) is 10.9 Å². The van der Waals surface area contributed by atoms with Crippen LogP contribution in [0.4, 0.5) is 0 Å². The highest BCUT2D eigenvalue weighted by atomic mass is 16.2. The van der Waals surface area contributed by atoms with Gasteiger partial charge in [0.05, 0.1) is 29.0 Å². The van der Waals surface area contributed by atoms with Crippen molar-refractivity contribution in [3.63, 3.8) is 0 Å². The summed E-state index contributed by atoms with van der Waals surface area (Å²) in [5, 5.41) is 10.8. The molecule has 1 fully saturated rings. The molecule has 6 heteroatoms. The lowest BCUT2D eigenvalue weighted by Gasteiger charge is -2.35. The van der Waals surface area contributed by atoms with E-state index in [9.17, 15) is 4.79 Å². The number of aromatic nitrogens is 2. The fourth-order valence-electron chi connectivity index (χ4n) is 3.93. The number of H-pyrrole nitrogens is 1. The molecule has 2 rings (SSSR count). The summed E-state index contributed by atoms with van der Waals surface area (Å²) >= 11 is 0. The van der Waals surface area contributed by atoms with Gasteiger partial charge in [-0.1, -0.05) is 88.6 Å². The van der Waals surface area contributed by atoms with Gasteiger partial charge in [-0.25, -0.2) is 4.98 Å². The number of nitriles is 1. The second-order valence-electron chi connectivity index (χ2n) is 9.43. The van der Waals surface area contributed by atoms with Crippen LogP contribution in [0.25, 0.3) is 11.6 Å². The molecule has 2 heterocycles. The van der Waals surface area contributed by atoms with Crippen molar-refractivity contribution in [2.45, 2.75) is 73.1 Å². The monoisotopic (exact) mass is 529 g/mol. The number of hydrogen-bond donors (Lipinski definition) is 1. The molecule has 0 aromatic carbocycles. The van der Waals surface area contributed by atoms with E-state index in [4.69, 9.17) is 5.26 Å². The Hall–Kier alpha value is -3.72. The van der Waals surface area contributed by atoms with E-state index < -0.39 is 0 Å². The Kier molecular flexibility index (Phi) is 16.5. The molecule has 1 amide bonds. The Morgan fingerprint density at radius 3 is 2.44 bits per heavy atom. The van der Waals surface area contributed by atoms with Crippen LogP contribution in [0, 0.1) is 17.2 Å². The topological polar surface area (TPSA) is 85.1 Å². The van der Waals surface area contributed by atoms with Crippen LogP contribution in [0.3, 0.4) is 0 Å². The van der Waals surface area contributed by atoms with Crippen molar-refractivity contribution < 1.29 is 4.79 Å². The lowest BCUT2D eigenvalue weighted by Crippen LogP contribution is -2.49. The standard InChI is InChI=1S/C17H24N2O.C16H23N3/c1-4-6-8-16(10-9-14(3)7-5-2)17(20)19-12-15(11-18)13-19;1-5-8-10-15-16(19-12-18-15)14(9-6-2)13(7-3)11-17-4/h8-10,15H,3-7,12-13H2,1-2H3;6-7,9-12H,5,8H2,1-4H3,(H,18,19)/b10-9-,16-8+;9-6-,13-7+,15-10-,16-14-,17-11?. The fourth-order valence-corrected chi connectivity index (χ4v) is 3.93. The number of allylic oxidation sites excluding steroid dienone is 7. The first-order valence-electron chi connectivity index (χ1n) is 14.1. The summed E-state index contributed by atoms with van der Waals surface area (Å²) in [6, 6.07) is 2.19. The lowest BCUT2D eigenvalue weighted by atomic mass is 9.99. The third-order valence-electron chi connectivity index (χ3n) is 6.11. The molecule has 210 valence electrons. The molecule has 0 aliphatic carbocycles. The van der Waals surface area contributed by atoms with Gasteiger partial charge in [-0.3, -0.25) is 9.79 Å². The number of aromatic amines is 1. The van der Waals surface area contributed by atoms with Crippen LogP contribution in [0.5, 0.6) is 0 Å². The molecule has 1 aliphatic heterocycles. The smallest absolute Gasteiger partial charge is 0.253 e. The highest BCUT2D eigenvalue weighted by Gasteiger charge is 2.31. The second-order valence-corrected chi connectivity index (χ2v) is 9.43. The van der Waals surface area contributed by atoms with Gasteiger partial charge in [0.1, 0.15) is 0 Å². The molecular weight excluding hydrogens is 482 g/mol. The Morgan fingerprint density at radius 1 is 1.15 bits per heavy atom. The van der Waals surface area contributed by atoms with E-state index in [-0.39, 0.29) is 11.8 Å². The average molecular weight is 530 g/mol. The Balaban J connectivity index is 0.000000391. The Bertz CT molecular complexity index is 1230. The summed E-state index contributed by atoms with van der Waals surface area (Å²) in [7, 11) is 1.78. The predicted molar refractivity (Wildman–Crippen MR) is 165 cm³/mol. The first-order valence-corrected chi connectivity index (χ1v) is 14.1. The molecule has 0 atom stereocenters. The van der Waals surface area contributed by atoms with E-state index in [1.807, 2.05) is 44.4 Å². The van der Waals surface area contributed by atoms with Crippen LogP contribution in [-0.2, 0) is 4.79 Å². The summed E-state index contributed by atoms with van der Waals surface area (Å²) in [5.74, 6) is 0.0379. The number of aliphatic imine (C=N–C) groups is 1. The quantitative estimate of drug-likeness (QED) is 0.206. The van der Waals surface area contributed by atoms with Gasteiger partial charge in [0.2, 0.25) is 0 Å². The number of unbranched alkanes of at least 4 members (excludes halogenated alkanes) is 2. The minimum absolute atomic E-state index is 0.00501. The van der Waals surface area contributed by atoms with E-state index in [1.165, 1.54) is 0 Å². The molecule has 0 spiro atoms. The van der Waals surface area contributed by atoms with Crippen LogP contribution in [0.15, 0.2) is 71.1 Å². The first kappa shape index (κ1) is 33.3. The molecule has 1 saturated heterocycles. The Morgan fingerprint density at radius 2 is 1.87 bits per heavy atom. The Labute approximate surface area is 235 Å². The highest BCUT2D eigenvalue weighted by Crippen LogP contribution is 2.19. The van der Waals surface area contributed by atoms with Crippen molar-refractivity contribution in [3.05, 3.63) is 76.8 Å². The summed E-state index contributed by atoms with van der Waals surface area (Å²) in [6.07, 6.45) is 23.9. The zero-order valence-electron chi connectivity index (χ0n) is 24.8. The van der Waals surface area contributed by atoms with Gasteiger partial charge in [0, 0.05) is 37.5 Å². The summed E-state index contributed by atoms with van der Waals surface area (Å²) in [5.41, 5.74) is 3.94. The summed E-state index contributed by atoms with van der Waals surface area (Å²) < 4.78 is 0. The molecule has 6 nitrogen and oxygen atoms in total. The molecule has 1 aromatic rings. The normalized spacial score (nSPS) is 15.9. The van der Waals surface area contributed by atoms with Crippen molar-refractivity contribution in [1.29, 1.82) is 5.26 Å². The van der Waals surface area contributed by atoms with Crippen LogP contribution < -0.4 is 10.7 Å². The minimum atomic E-state index is 0.00501. The number of hydrogen-bond acceptors (Lipinski definition) is 4. The highest BCUT2D eigenvalue weighted by molar-refractivity contribution is 5.98. The average Bonchev–Trinajstić information content (AvgIpc) is 3.37. The first-order chi connectivity index (χ1) is 18.9. The SMILES string of the molecule is C=C(/C=C\C(=C/CCC)C(=O)N1CC(C#N)C1)CCC.C\C=C/C(C(/C=NC)=C/C)=c1/nc[nH]/c1=C\CCC. The van der Waals surface area contributed by atoms with Gasteiger partial charge in [0.15, 0.2) is 0 Å². The number of amides is 1. The zero-order valence-corrected chi connectivity index (χ0v) is 24.8. The number of nitrogens with zero attached hydrogens (tertiary/aromatic N) is 4. The minimum Gasteiger partial charge on any atom is -0.345 e. The molecule has 0 unspecified atom stereocenters. The molecule has 39 heavy (non-hydrogen) atoms. The van der Waals surface area contributed by atoms with Crippen molar-refractivity contribution in [1.82, 2.24) is 14.9 Å². The second kappa shape index (κ2) is 19.4. The fraction of sp³-hybridized carbons (Fsp3) is 0.455. The van der Waals surface area contributed by atoms with Crippen LogP contribution in [0.2, 0.25) is 0 Å². The number of rotatable bonds is 12. The van der Waals surface area contributed by atoms with E-state index in [1.54, 1.807) is 18.3 Å². The predicted octanol–water partition coefficient (Wildman–Crippen LogP) is 5.97. The van der Waals surface area contributed by atoms with Gasteiger partial charge >= 0.3 is 0 Å². The van der Waals surface area contributed by atoms with Gasteiger partial charge in [-0.05, 0) is 44.8 Å². The number of imidazole rings is 1. The molecule has 1 aromatic heterocycles. The van der Waals surface area contributed by atoms with E-state index in [0.29, 0.717) is 13.1 Å². The van der Waals surface area contributed by atoms with Gasteiger partial charge in [-0.2, -0.15) is 5.26 Å². The molecular formula is C33H47N5O. The maximum absolute atomic E-state index is 12.3. The van der Waals surface area contributed by atoms with Crippen molar-refractivity contribution >= 4 is 23.8 Å². The molecule has 1 N–H and O–H groups in total. The van der Waals surface area contributed by atoms with Gasteiger partial charge in [0.25, 0.3) is 5.91 Å². The third-order valence-corrected chi connectivity index (χ3v) is 6.11. The maximum atomic E-state index is 12.3. The summed E-state index contributed by atoms with van der Waals surface area (Å²) in [6.45, 7) is 15.5. The number of carbonyl (C=O) groups excluding carboxylic acids is 1. The van der Waals surface area contributed by atoms with Crippen LogP contribution >= 0.6 is 0 Å². The van der Waals surface area contributed by atoms with Crippen molar-refractivity contribution in [2.75, 3.05) is 20.1 Å².